The van der Waals surface area contributed by atoms with Gasteiger partial charge < -0.3 is 24.5 Å². The van der Waals surface area contributed by atoms with E-state index in [1.54, 1.807) is 21.5 Å². The molecular formula is C27H32N6O5. The monoisotopic (exact) mass is 520 g/mol. The van der Waals surface area contributed by atoms with Crippen LogP contribution in [0.4, 0.5) is 0 Å². The molecule has 1 unspecified atom stereocenters. The largest absolute Gasteiger partial charge is 0.396 e. The number of likely N-dealkylation sites (N-methyl/N-ethyl adjacent to an activating group) is 1. The molecule has 3 amide bonds. The van der Waals surface area contributed by atoms with Gasteiger partial charge in [0.2, 0.25) is 11.8 Å². The Labute approximate surface area is 220 Å². The Morgan fingerprint density at radius 3 is 2.63 bits per heavy atom. The lowest BCUT2D eigenvalue weighted by atomic mass is 9.73. The molecule has 38 heavy (non-hydrogen) atoms. The number of aliphatic hydroxyl groups is 1. The topological polar surface area (TPSA) is 121 Å². The smallest absolute Gasteiger partial charge is 0.250 e. The number of hydrogen-bond acceptors (Lipinski definition) is 7. The van der Waals surface area contributed by atoms with Gasteiger partial charge in [0.15, 0.2) is 0 Å². The van der Waals surface area contributed by atoms with Crippen LogP contribution in [-0.2, 0) is 25.8 Å². The first-order chi connectivity index (χ1) is 18.4. The molecule has 1 aromatic carbocycles. The first-order valence-corrected chi connectivity index (χ1v) is 13.2. The van der Waals surface area contributed by atoms with Crippen molar-refractivity contribution in [2.45, 2.75) is 43.7 Å². The highest BCUT2D eigenvalue weighted by atomic mass is 16.5. The molecule has 2 aromatic rings. The summed E-state index contributed by atoms with van der Waals surface area (Å²) in [4.78, 5) is 46.9. The molecule has 1 spiro atoms. The average Bonchev–Trinajstić information content (AvgIpc) is 3.46. The quantitative estimate of drug-likeness (QED) is 0.553. The van der Waals surface area contributed by atoms with E-state index in [0.29, 0.717) is 19.4 Å². The van der Waals surface area contributed by atoms with Gasteiger partial charge in [0.05, 0.1) is 23.0 Å². The van der Waals surface area contributed by atoms with Crippen molar-refractivity contribution < 1.29 is 24.2 Å². The van der Waals surface area contributed by atoms with Gasteiger partial charge in [0, 0.05) is 33.3 Å². The number of likely N-dealkylation sites (tertiary alicyclic amines) is 1. The number of para-hydroxylation sites is 1. The molecule has 4 aliphatic rings. The van der Waals surface area contributed by atoms with Crippen LogP contribution in [0.15, 0.2) is 48.6 Å². The minimum atomic E-state index is -1.30. The molecule has 1 aromatic heterocycles. The minimum absolute atomic E-state index is 0.125. The van der Waals surface area contributed by atoms with Crippen LogP contribution in [0.3, 0.4) is 0 Å². The number of ether oxygens (including phenoxy) is 1. The lowest BCUT2D eigenvalue weighted by Gasteiger charge is -2.38. The summed E-state index contributed by atoms with van der Waals surface area (Å²) in [6, 6.07) is 6.55. The van der Waals surface area contributed by atoms with Gasteiger partial charge in [-0.25, -0.2) is 4.68 Å². The predicted octanol–water partition coefficient (Wildman–Crippen LogP) is 0.559. The van der Waals surface area contributed by atoms with Crippen LogP contribution in [0.5, 0.6) is 0 Å². The highest BCUT2D eigenvalue weighted by Gasteiger charge is 2.75. The number of carbonyl (C=O) groups is 3. The van der Waals surface area contributed by atoms with Crippen LogP contribution >= 0.6 is 0 Å². The molecule has 11 nitrogen and oxygen atoms in total. The van der Waals surface area contributed by atoms with Crippen LogP contribution < -0.4 is 0 Å². The van der Waals surface area contributed by atoms with Gasteiger partial charge in [0.25, 0.3) is 5.91 Å². The van der Waals surface area contributed by atoms with E-state index in [2.05, 4.69) is 10.3 Å². The maximum atomic E-state index is 14.3. The fraction of sp³-hybridized carbons (Fsp3) is 0.519. The number of benzene rings is 1. The highest BCUT2D eigenvalue weighted by Crippen LogP contribution is 2.58. The molecule has 1 N–H and O–H groups in total. The summed E-state index contributed by atoms with van der Waals surface area (Å²) in [6.07, 6.45) is 8.32. The van der Waals surface area contributed by atoms with E-state index in [-0.39, 0.29) is 44.1 Å². The van der Waals surface area contributed by atoms with Crippen molar-refractivity contribution >= 4 is 28.8 Å². The average molecular weight is 521 g/mol. The first kappa shape index (κ1) is 24.7. The molecule has 0 radical (unpaired) electrons. The van der Waals surface area contributed by atoms with E-state index in [0.717, 1.165) is 11.0 Å². The summed E-state index contributed by atoms with van der Waals surface area (Å²) >= 11 is 0. The SMILES string of the molecule is CC[C@]12C=CCN(C)C(=O)[C@H]1[C@H]1C(=O)N(CCCO)C3C(=O)N(Cn4nnc5ccccc54)CC=C[C@@]31O2. The van der Waals surface area contributed by atoms with Crippen LogP contribution in [0.1, 0.15) is 19.8 Å². The molecule has 2 fully saturated rings. The first-order valence-electron chi connectivity index (χ1n) is 13.2. The van der Waals surface area contributed by atoms with E-state index in [9.17, 15) is 19.5 Å². The van der Waals surface area contributed by atoms with E-state index in [4.69, 9.17) is 4.74 Å². The van der Waals surface area contributed by atoms with Crippen molar-refractivity contribution in [1.82, 2.24) is 29.7 Å². The van der Waals surface area contributed by atoms with Crippen molar-refractivity contribution in [3.63, 3.8) is 0 Å². The predicted molar refractivity (Wildman–Crippen MR) is 136 cm³/mol. The number of amides is 3. The fourth-order valence-corrected chi connectivity index (χ4v) is 6.72. The van der Waals surface area contributed by atoms with Crippen LogP contribution in [-0.4, -0.2) is 103 Å². The zero-order valence-corrected chi connectivity index (χ0v) is 21.6. The van der Waals surface area contributed by atoms with Gasteiger partial charge in [-0.2, -0.15) is 0 Å². The Morgan fingerprint density at radius 1 is 1.05 bits per heavy atom. The zero-order valence-electron chi connectivity index (χ0n) is 21.6. The normalized spacial score (nSPS) is 32.6. The Morgan fingerprint density at radius 2 is 1.84 bits per heavy atom. The second-order valence-corrected chi connectivity index (χ2v) is 10.5. The second kappa shape index (κ2) is 9.02. The Bertz CT molecular complexity index is 1350. The van der Waals surface area contributed by atoms with E-state index in [1.165, 1.54) is 4.90 Å². The van der Waals surface area contributed by atoms with Crippen molar-refractivity contribution in [3.8, 4) is 0 Å². The van der Waals surface area contributed by atoms with Gasteiger partial charge in [-0.1, -0.05) is 48.6 Å². The summed E-state index contributed by atoms with van der Waals surface area (Å²) in [5, 5.41) is 18.0. The highest BCUT2D eigenvalue weighted by molar-refractivity contribution is 6.00. The van der Waals surface area contributed by atoms with E-state index in [1.807, 2.05) is 55.5 Å². The molecular weight excluding hydrogens is 488 g/mol. The summed E-state index contributed by atoms with van der Waals surface area (Å²) in [6.45, 7) is 2.87. The van der Waals surface area contributed by atoms with Crippen molar-refractivity contribution in [2.24, 2.45) is 11.8 Å². The van der Waals surface area contributed by atoms with E-state index >= 15 is 0 Å². The van der Waals surface area contributed by atoms with Gasteiger partial charge in [-0.3, -0.25) is 14.4 Å². The maximum Gasteiger partial charge on any atom is 0.250 e. The van der Waals surface area contributed by atoms with Gasteiger partial charge in [-0.05, 0) is 25.0 Å². The lowest BCUT2D eigenvalue weighted by molar-refractivity contribution is -0.154. The molecule has 0 bridgehead atoms. The summed E-state index contributed by atoms with van der Waals surface area (Å²) in [5.41, 5.74) is -0.780. The molecule has 11 heteroatoms. The third-order valence-corrected chi connectivity index (χ3v) is 8.51. The Kier molecular flexibility index (Phi) is 5.88. The number of fused-ring (bicyclic) bond motifs is 3. The van der Waals surface area contributed by atoms with E-state index < -0.39 is 29.1 Å². The van der Waals surface area contributed by atoms with Crippen LogP contribution in [0.25, 0.3) is 11.0 Å². The Balaban J connectivity index is 1.44. The maximum absolute atomic E-state index is 14.3. The molecule has 5 atom stereocenters. The Hall–Kier alpha value is -3.57. The lowest BCUT2D eigenvalue weighted by Crippen LogP contribution is -2.56. The second-order valence-electron chi connectivity index (χ2n) is 10.5. The number of aromatic nitrogens is 3. The van der Waals surface area contributed by atoms with Crippen LogP contribution in [0.2, 0.25) is 0 Å². The standard InChI is InChI=1S/C27H32N6O5/c1-3-26-11-6-13-30(2)23(35)20(26)21-24(36)32(15-8-16-34)22-25(37)31(14-7-12-27(21,22)38-26)17-33-19-10-5-4-9-18(19)28-29-33/h4-7,9-12,20-22,34H,3,8,13-17H2,1-2H3/t20-,21+,22?,26+,27+/m1/s1. The molecule has 4 aliphatic heterocycles. The van der Waals surface area contributed by atoms with Crippen molar-refractivity contribution in [3.05, 3.63) is 48.6 Å². The summed E-state index contributed by atoms with van der Waals surface area (Å²) in [7, 11) is 1.72. The zero-order chi connectivity index (χ0) is 26.7. The number of rotatable bonds is 6. The third-order valence-electron chi connectivity index (χ3n) is 8.51. The number of hydrogen-bond donors (Lipinski definition) is 1. The van der Waals surface area contributed by atoms with Gasteiger partial charge in [-0.15, -0.1) is 5.10 Å². The number of aliphatic hydroxyl groups excluding tert-OH is 1. The molecule has 200 valence electrons. The fourth-order valence-electron chi connectivity index (χ4n) is 6.72. The number of nitrogens with zero attached hydrogens (tertiary/aromatic N) is 6. The molecule has 0 saturated carbocycles. The summed E-state index contributed by atoms with van der Waals surface area (Å²) < 4.78 is 8.54. The van der Waals surface area contributed by atoms with Gasteiger partial charge in [0.1, 0.15) is 23.8 Å². The number of carbonyl (C=O) groups excluding carboxylic acids is 3. The van der Waals surface area contributed by atoms with Crippen molar-refractivity contribution in [1.29, 1.82) is 0 Å². The molecule has 2 saturated heterocycles. The molecule has 5 heterocycles. The minimum Gasteiger partial charge on any atom is -0.396 e. The van der Waals surface area contributed by atoms with Crippen molar-refractivity contribution in [2.75, 3.05) is 33.3 Å². The molecule has 0 aliphatic carbocycles. The van der Waals surface area contributed by atoms with Gasteiger partial charge >= 0.3 is 0 Å². The van der Waals surface area contributed by atoms with Crippen LogP contribution in [0, 0.1) is 11.8 Å². The summed E-state index contributed by atoms with van der Waals surface area (Å²) in [5.74, 6) is -2.33. The molecule has 6 rings (SSSR count). The third kappa shape index (κ3) is 3.37.